The van der Waals surface area contributed by atoms with E-state index in [0.29, 0.717) is 5.69 Å². The van der Waals surface area contributed by atoms with Crippen molar-refractivity contribution in [1.29, 1.82) is 0 Å². The van der Waals surface area contributed by atoms with Gasteiger partial charge in [-0.25, -0.2) is 0 Å². The van der Waals surface area contributed by atoms with Crippen LogP contribution in [0.25, 0.3) is 0 Å². The first kappa shape index (κ1) is 14.9. The van der Waals surface area contributed by atoms with E-state index in [1.807, 2.05) is 30.3 Å². The zero-order chi connectivity index (χ0) is 15.3. The van der Waals surface area contributed by atoms with Crippen molar-refractivity contribution >= 4 is 17.3 Å². The molecule has 6 heteroatoms. The van der Waals surface area contributed by atoms with Crippen molar-refractivity contribution in [2.24, 2.45) is 0 Å². The number of hydrogen-bond acceptors (Lipinski definition) is 2. The van der Waals surface area contributed by atoms with Crippen LogP contribution in [0, 0.1) is 0 Å². The van der Waals surface area contributed by atoms with Crippen LogP contribution in [0.5, 0.6) is 0 Å². The maximum absolute atomic E-state index is 12.4. The minimum atomic E-state index is -4.38. The molecule has 0 saturated heterocycles. The highest BCUT2D eigenvalue weighted by Crippen LogP contribution is 2.29. The average Bonchev–Trinajstić information content (AvgIpc) is 2.46. The third kappa shape index (κ3) is 4.52. The summed E-state index contributed by atoms with van der Waals surface area (Å²) in [5.41, 5.74) is 0.367. The zero-order valence-corrected chi connectivity index (χ0v) is 10.9. The Kier molecular flexibility index (Phi) is 4.47. The van der Waals surface area contributed by atoms with Gasteiger partial charge in [-0.1, -0.05) is 18.2 Å². The average molecular weight is 294 g/mol. The second kappa shape index (κ2) is 6.30. The van der Waals surface area contributed by atoms with E-state index in [1.54, 1.807) is 0 Å². The first-order chi connectivity index (χ1) is 9.95. The fraction of sp³-hybridized carbons (Fsp3) is 0.133. The molecule has 0 bridgehead atoms. The van der Waals surface area contributed by atoms with E-state index in [4.69, 9.17) is 0 Å². The molecule has 0 saturated carbocycles. The van der Waals surface area contributed by atoms with Crippen LogP contribution in [0.3, 0.4) is 0 Å². The van der Waals surface area contributed by atoms with Crippen LogP contribution in [-0.2, 0) is 11.0 Å². The summed E-state index contributed by atoms with van der Waals surface area (Å²) in [5, 5.41) is 5.43. The molecule has 0 atom stereocenters. The molecule has 0 radical (unpaired) electrons. The van der Waals surface area contributed by atoms with Crippen molar-refractivity contribution in [2.75, 3.05) is 17.2 Å². The summed E-state index contributed by atoms with van der Waals surface area (Å²) < 4.78 is 37.2. The molecule has 0 unspecified atom stereocenters. The van der Waals surface area contributed by atoms with Crippen LogP contribution in [0.1, 0.15) is 5.56 Å². The lowest BCUT2D eigenvalue weighted by atomic mass is 10.2. The molecule has 2 N–H and O–H groups in total. The van der Waals surface area contributed by atoms with E-state index in [9.17, 15) is 18.0 Å². The number of alkyl halides is 3. The number of nitrogens with one attached hydrogen (secondary N) is 2. The van der Waals surface area contributed by atoms with Gasteiger partial charge in [0.1, 0.15) is 0 Å². The zero-order valence-electron chi connectivity index (χ0n) is 10.9. The van der Waals surface area contributed by atoms with Crippen molar-refractivity contribution in [1.82, 2.24) is 0 Å². The Morgan fingerprint density at radius 2 is 1.52 bits per heavy atom. The van der Waals surface area contributed by atoms with E-state index < -0.39 is 11.7 Å². The number of para-hydroxylation sites is 1. The van der Waals surface area contributed by atoms with E-state index in [1.165, 1.54) is 12.1 Å². The Morgan fingerprint density at radius 3 is 2.10 bits per heavy atom. The van der Waals surface area contributed by atoms with Gasteiger partial charge in [0, 0.05) is 11.4 Å². The third-order valence-electron chi connectivity index (χ3n) is 2.72. The SMILES string of the molecule is O=C(CNc1ccccc1)Nc1ccc(C(F)(F)F)cc1. The number of rotatable bonds is 4. The van der Waals surface area contributed by atoms with Crippen molar-refractivity contribution in [3.05, 3.63) is 60.2 Å². The molecule has 0 aliphatic rings. The molecule has 0 heterocycles. The lowest BCUT2D eigenvalue weighted by Crippen LogP contribution is -2.21. The molecule has 0 fully saturated rings. The van der Waals surface area contributed by atoms with E-state index in [2.05, 4.69) is 10.6 Å². The number of halogens is 3. The Labute approximate surface area is 119 Å². The summed E-state index contributed by atoms with van der Waals surface area (Å²) >= 11 is 0. The topological polar surface area (TPSA) is 41.1 Å². The maximum atomic E-state index is 12.4. The van der Waals surface area contributed by atoms with Gasteiger partial charge in [-0.15, -0.1) is 0 Å². The second-order valence-corrected chi connectivity index (χ2v) is 4.34. The second-order valence-electron chi connectivity index (χ2n) is 4.34. The largest absolute Gasteiger partial charge is 0.416 e. The minimum absolute atomic E-state index is 0.0328. The van der Waals surface area contributed by atoms with Crippen molar-refractivity contribution in [3.8, 4) is 0 Å². The molecular formula is C15H13F3N2O. The first-order valence-electron chi connectivity index (χ1n) is 6.21. The predicted molar refractivity (Wildman–Crippen MR) is 75.0 cm³/mol. The van der Waals surface area contributed by atoms with Crippen molar-refractivity contribution < 1.29 is 18.0 Å². The fourth-order valence-electron chi connectivity index (χ4n) is 1.69. The molecule has 0 aromatic heterocycles. The molecule has 3 nitrogen and oxygen atoms in total. The molecule has 21 heavy (non-hydrogen) atoms. The molecule has 1 amide bonds. The Bertz CT molecular complexity index is 595. The third-order valence-corrected chi connectivity index (χ3v) is 2.72. The Hall–Kier alpha value is -2.50. The number of hydrogen-bond donors (Lipinski definition) is 2. The molecular weight excluding hydrogens is 281 g/mol. The summed E-state index contributed by atoms with van der Waals surface area (Å²) in [6.07, 6.45) is -4.38. The minimum Gasteiger partial charge on any atom is -0.376 e. The highest BCUT2D eigenvalue weighted by Gasteiger charge is 2.29. The summed E-state index contributed by atoms with van der Waals surface area (Å²) in [7, 11) is 0. The summed E-state index contributed by atoms with van der Waals surface area (Å²) in [5.74, 6) is -0.335. The van der Waals surface area contributed by atoms with E-state index in [-0.39, 0.29) is 12.5 Å². The normalized spacial score (nSPS) is 11.0. The highest BCUT2D eigenvalue weighted by molar-refractivity contribution is 5.93. The van der Waals surface area contributed by atoms with Crippen LogP contribution in [0.4, 0.5) is 24.5 Å². The maximum Gasteiger partial charge on any atom is 0.416 e. The van der Waals surface area contributed by atoms with Gasteiger partial charge < -0.3 is 10.6 Å². The summed E-state index contributed by atoms with van der Waals surface area (Å²) in [6.45, 7) is 0.0328. The smallest absolute Gasteiger partial charge is 0.376 e. The standard InChI is InChI=1S/C15H13F3N2O/c16-15(17,18)11-6-8-13(9-7-11)20-14(21)10-19-12-4-2-1-3-5-12/h1-9,19H,10H2,(H,20,21). The van der Waals surface area contributed by atoms with Crippen molar-refractivity contribution in [2.45, 2.75) is 6.18 Å². The highest BCUT2D eigenvalue weighted by atomic mass is 19.4. The number of amides is 1. The van der Waals surface area contributed by atoms with Crippen molar-refractivity contribution in [3.63, 3.8) is 0 Å². The number of carbonyl (C=O) groups is 1. The monoisotopic (exact) mass is 294 g/mol. The quantitative estimate of drug-likeness (QED) is 0.901. The van der Waals surface area contributed by atoms with Crippen LogP contribution < -0.4 is 10.6 Å². The van der Waals surface area contributed by atoms with Crippen LogP contribution in [0.15, 0.2) is 54.6 Å². The fourth-order valence-corrected chi connectivity index (χ4v) is 1.69. The molecule has 0 spiro atoms. The van der Waals surface area contributed by atoms with Crippen LogP contribution in [0.2, 0.25) is 0 Å². The van der Waals surface area contributed by atoms with Gasteiger partial charge in [0.2, 0.25) is 5.91 Å². The van der Waals surface area contributed by atoms with Gasteiger partial charge in [0.05, 0.1) is 12.1 Å². The number of anilines is 2. The molecule has 110 valence electrons. The van der Waals surface area contributed by atoms with Crippen LogP contribution in [-0.4, -0.2) is 12.5 Å². The molecule has 2 aromatic carbocycles. The molecule has 2 rings (SSSR count). The summed E-state index contributed by atoms with van der Waals surface area (Å²) in [4.78, 5) is 11.7. The summed E-state index contributed by atoms with van der Waals surface area (Å²) in [6, 6.07) is 13.4. The van der Waals surface area contributed by atoms with Gasteiger partial charge in [-0.3, -0.25) is 4.79 Å². The van der Waals surface area contributed by atoms with Gasteiger partial charge >= 0.3 is 6.18 Å². The molecule has 0 aliphatic heterocycles. The number of carbonyl (C=O) groups excluding carboxylic acids is 1. The van der Waals surface area contributed by atoms with Gasteiger partial charge in [-0.05, 0) is 36.4 Å². The first-order valence-corrected chi connectivity index (χ1v) is 6.21. The lowest BCUT2D eigenvalue weighted by Gasteiger charge is -2.09. The van der Waals surface area contributed by atoms with E-state index in [0.717, 1.165) is 17.8 Å². The van der Waals surface area contributed by atoms with Crippen LogP contribution >= 0.6 is 0 Å². The Morgan fingerprint density at radius 1 is 0.905 bits per heavy atom. The predicted octanol–water partition coefficient (Wildman–Crippen LogP) is 3.76. The van der Waals surface area contributed by atoms with E-state index >= 15 is 0 Å². The van der Waals surface area contributed by atoms with Gasteiger partial charge in [0.15, 0.2) is 0 Å². The molecule has 0 aliphatic carbocycles. The lowest BCUT2D eigenvalue weighted by molar-refractivity contribution is -0.137. The number of benzene rings is 2. The molecule has 2 aromatic rings. The van der Waals surface area contributed by atoms with Gasteiger partial charge in [0.25, 0.3) is 0 Å². The Balaban J connectivity index is 1.88. The van der Waals surface area contributed by atoms with Gasteiger partial charge in [-0.2, -0.15) is 13.2 Å².